The third kappa shape index (κ3) is 3.47. The summed E-state index contributed by atoms with van der Waals surface area (Å²) in [5.74, 6) is 0.619. The Morgan fingerprint density at radius 3 is 2.46 bits per heavy atom. The normalized spacial score (nSPS) is 16.4. The fourth-order valence-electron chi connectivity index (χ4n) is 2.98. The van der Waals surface area contributed by atoms with Gasteiger partial charge in [0.05, 0.1) is 10.6 Å². The van der Waals surface area contributed by atoms with Crippen molar-refractivity contribution in [1.82, 2.24) is 9.78 Å². The van der Waals surface area contributed by atoms with E-state index in [0.717, 1.165) is 31.6 Å². The second kappa shape index (κ2) is 6.57. The first kappa shape index (κ1) is 17.0. The van der Waals surface area contributed by atoms with Crippen LogP contribution in [0.2, 0.25) is 0 Å². The van der Waals surface area contributed by atoms with Gasteiger partial charge in [0.15, 0.2) is 9.84 Å². The molecule has 2 aromatic rings. The standard InChI is InChI=1S/C17H22N2O4S/c1-12-16(14-3-5-15(6-4-14)24(2,21)22)18-19(17(12)20)11-13-7-9-23-10-8-13/h3-6,13,20H,7-11H2,1-2H3. The molecule has 2 heterocycles. The molecule has 1 N–H and O–H groups in total. The zero-order chi connectivity index (χ0) is 17.3. The van der Waals surface area contributed by atoms with E-state index in [0.29, 0.717) is 23.7 Å². The second-order valence-electron chi connectivity index (χ2n) is 6.33. The van der Waals surface area contributed by atoms with Gasteiger partial charge in [-0.25, -0.2) is 13.1 Å². The van der Waals surface area contributed by atoms with Crippen LogP contribution >= 0.6 is 0 Å². The summed E-state index contributed by atoms with van der Waals surface area (Å²) in [6.45, 7) is 4.00. The summed E-state index contributed by atoms with van der Waals surface area (Å²) in [6.07, 6.45) is 3.12. The maximum absolute atomic E-state index is 11.6. The average Bonchev–Trinajstić information content (AvgIpc) is 2.84. The lowest BCUT2D eigenvalue weighted by atomic mass is 10.0. The number of benzene rings is 1. The van der Waals surface area contributed by atoms with Crippen molar-refractivity contribution in [2.75, 3.05) is 19.5 Å². The number of hydrogen-bond donors (Lipinski definition) is 1. The fraction of sp³-hybridized carbons (Fsp3) is 0.471. The maximum atomic E-state index is 11.6. The van der Waals surface area contributed by atoms with Crippen molar-refractivity contribution < 1.29 is 18.3 Å². The van der Waals surface area contributed by atoms with E-state index in [1.54, 1.807) is 28.9 Å². The summed E-state index contributed by atoms with van der Waals surface area (Å²) >= 11 is 0. The smallest absolute Gasteiger partial charge is 0.212 e. The van der Waals surface area contributed by atoms with Crippen LogP contribution in [0.5, 0.6) is 5.88 Å². The Hall–Kier alpha value is -1.86. The zero-order valence-corrected chi connectivity index (χ0v) is 14.7. The second-order valence-corrected chi connectivity index (χ2v) is 8.35. The molecule has 0 saturated carbocycles. The summed E-state index contributed by atoms with van der Waals surface area (Å²) < 4.78 is 30.1. The lowest BCUT2D eigenvalue weighted by Crippen LogP contribution is -2.20. The Labute approximate surface area is 142 Å². The first-order valence-electron chi connectivity index (χ1n) is 8.01. The molecule has 1 aromatic carbocycles. The Kier molecular flexibility index (Phi) is 4.64. The van der Waals surface area contributed by atoms with E-state index in [1.807, 2.05) is 6.92 Å². The van der Waals surface area contributed by atoms with Crippen molar-refractivity contribution in [2.24, 2.45) is 5.92 Å². The van der Waals surface area contributed by atoms with Crippen molar-refractivity contribution in [1.29, 1.82) is 0 Å². The van der Waals surface area contributed by atoms with Crippen LogP contribution < -0.4 is 0 Å². The zero-order valence-electron chi connectivity index (χ0n) is 13.9. The van der Waals surface area contributed by atoms with Gasteiger partial charge in [0.2, 0.25) is 5.88 Å². The molecule has 0 atom stereocenters. The van der Waals surface area contributed by atoms with Gasteiger partial charge in [0.25, 0.3) is 0 Å². The summed E-state index contributed by atoms with van der Waals surface area (Å²) in [6, 6.07) is 6.59. The van der Waals surface area contributed by atoms with E-state index in [9.17, 15) is 13.5 Å². The summed E-state index contributed by atoms with van der Waals surface area (Å²) in [4.78, 5) is 0.273. The van der Waals surface area contributed by atoms with Crippen LogP contribution in [0.4, 0.5) is 0 Å². The Balaban J connectivity index is 1.87. The summed E-state index contributed by atoms with van der Waals surface area (Å²) in [7, 11) is -3.22. The Bertz CT molecular complexity index is 819. The number of ether oxygens (including phenoxy) is 1. The minimum Gasteiger partial charge on any atom is -0.493 e. The number of sulfone groups is 1. The lowest BCUT2D eigenvalue weighted by Gasteiger charge is -2.21. The van der Waals surface area contributed by atoms with Gasteiger partial charge < -0.3 is 9.84 Å². The molecule has 0 unspecified atom stereocenters. The molecular formula is C17H22N2O4S. The van der Waals surface area contributed by atoms with Crippen LogP contribution in [0.15, 0.2) is 29.2 Å². The first-order chi connectivity index (χ1) is 11.4. The largest absolute Gasteiger partial charge is 0.493 e. The van der Waals surface area contributed by atoms with Crippen LogP contribution in [0.3, 0.4) is 0 Å². The molecule has 0 aliphatic carbocycles. The van der Waals surface area contributed by atoms with Crippen molar-refractivity contribution in [2.45, 2.75) is 31.2 Å². The van der Waals surface area contributed by atoms with E-state index >= 15 is 0 Å². The molecule has 3 rings (SSSR count). The van der Waals surface area contributed by atoms with Crippen molar-refractivity contribution in [3.63, 3.8) is 0 Å². The lowest BCUT2D eigenvalue weighted by molar-refractivity contribution is 0.0593. The molecule has 1 aliphatic rings. The monoisotopic (exact) mass is 350 g/mol. The van der Waals surface area contributed by atoms with Gasteiger partial charge in [-0.2, -0.15) is 5.10 Å². The minimum absolute atomic E-state index is 0.170. The number of aromatic hydroxyl groups is 1. The third-order valence-corrected chi connectivity index (χ3v) is 5.61. The van der Waals surface area contributed by atoms with Gasteiger partial charge in [0, 0.05) is 37.1 Å². The molecule has 1 fully saturated rings. The molecular weight excluding hydrogens is 328 g/mol. The van der Waals surface area contributed by atoms with Gasteiger partial charge in [0.1, 0.15) is 0 Å². The van der Waals surface area contributed by atoms with E-state index < -0.39 is 9.84 Å². The van der Waals surface area contributed by atoms with Crippen molar-refractivity contribution in [3.8, 4) is 17.1 Å². The highest BCUT2D eigenvalue weighted by Gasteiger charge is 2.20. The molecule has 1 aromatic heterocycles. The van der Waals surface area contributed by atoms with Crippen LogP contribution in [0, 0.1) is 12.8 Å². The molecule has 1 saturated heterocycles. The summed E-state index contributed by atoms with van der Waals surface area (Å²) in [5, 5.41) is 14.9. The van der Waals surface area contributed by atoms with Crippen LogP contribution in [-0.4, -0.2) is 42.8 Å². The van der Waals surface area contributed by atoms with E-state index in [2.05, 4.69) is 5.10 Å². The van der Waals surface area contributed by atoms with Crippen molar-refractivity contribution >= 4 is 9.84 Å². The maximum Gasteiger partial charge on any atom is 0.212 e. The SMILES string of the molecule is Cc1c(-c2ccc(S(C)(=O)=O)cc2)nn(CC2CCOCC2)c1O. The van der Waals surface area contributed by atoms with E-state index in [1.165, 1.54) is 6.26 Å². The fourth-order valence-corrected chi connectivity index (χ4v) is 3.61. The predicted octanol–water partition coefficient (Wildman–Crippen LogP) is 2.39. The molecule has 130 valence electrons. The molecule has 0 bridgehead atoms. The highest BCUT2D eigenvalue weighted by atomic mass is 32.2. The van der Waals surface area contributed by atoms with E-state index in [4.69, 9.17) is 4.74 Å². The molecule has 0 radical (unpaired) electrons. The molecule has 24 heavy (non-hydrogen) atoms. The Morgan fingerprint density at radius 2 is 1.88 bits per heavy atom. The van der Waals surface area contributed by atoms with E-state index in [-0.39, 0.29) is 10.8 Å². The van der Waals surface area contributed by atoms with Gasteiger partial charge in [-0.05, 0) is 37.8 Å². The molecule has 0 amide bonds. The molecule has 7 heteroatoms. The van der Waals surface area contributed by atoms with Gasteiger partial charge in [-0.15, -0.1) is 0 Å². The number of aromatic nitrogens is 2. The molecule has 6 nitrogen and oxygen atoms in total. The topological polar surface area (TPSA) is 81.4 Å². The van der Waals surface area contributed by atoms with Gasteiger partial charge in [-0.3, -0.25) is 0 Å². The molecule has 1 aliphatic heterocycles. The van der Waals surface area contributed by atoms with Crippen LogP contribution in [-0.2, 0) is 21.1 Å². The predicted molar refractivity (Wildman–Crippen MR) is 90.7 cm³/mol. The number of nitrogens with zero attached hydrogens (tertiary/aromatic N) is 2. The number of rotatable bonds is 4. The molecule has 0 spiro atoms. The summed E-state index contributed by atoms with van der Waals surface area (Å²) in [5.41, 5.74) is 2.18. The quantitative estimate of drug-likeness (QED) is 0.916. The van der Waals surface area contributed by atoms with Crippen LogP contribution in [0.1, 0.15) is 18.4 Å². The first-order valence-corrected chi connectivity index (χ1v) is 9.90. The highest BCUT2D eigenvalue weighted by molar-refractivity contribution is 7.90. The minimum atomic E-state index is -3.22. The van der Waals surface area contributed by atoms with Gasteiger partial charge in [-0.1, -0.05) is 12.1 Å². The average molecular weight is 350 g/mol. The Morgan fingerprint density at radius 1 is 1.25 bits per heavy atom. The third-order valence-electron chi connectivity index (χ3n) is 4.48. The number of hydrogen-bond acceptors (Lipinski definition) is 5. The highest BCUT2D eigenvalue weighted by Crippen LogP contribution is 2.31. The van der Waals surface area contributed by atoms with Gasteiger partial charge >= 0.3 is 0 Å². The van der Waals surface area contributed by atoms with Crippen LogP contribution in [0.25, 0.3) is 11.3 Å². The van der Waals surface area contributed by atoms with Crippen molar-refractivity contribution in [3.05, 3.63) is 29.8 Å².